The predicted octanol–water partition coefficient (Wildman–Crippen LogP) is 4.00. The van der Waals surface area contributed by atoms with Crippen LogP contribution in [0.1, 0.15) is 18.1 Å². The summed E-state index contributed by atoms with van der Waals surface area (Å²) in [6, 6.07) is 10.5. The van der Waals surface area contributed by atoms with E-state index in [4.69, 9.17) is 9.15 Å². The molecule has 0 unspecified atom stereocenters. The second-order valence-corrected chi connectivity index (χ2v) is 5.48. The molecule has 0 fully saturated rings. The van der Waals surface area contributed by atoms with E-state index in [1.165, 1.54) is 13.2 Å². The number of benzene rings is 2. The summed E-state index contributed by atoms with van der Waals surface area (Å²) >= 11 is 0. The fraction of sp³-hybridized carbons (Fsp3) is 0.158. The van der Waals surface area contributed by atoms with Crippen LogP contribution in [0.15, 0.2) is 51.9 Å². The Bertz CT molecular complexity index is 950. The van der Waals surface area contributed by atoms with Gasteiger partial charge in [-0.15, -0.1) is 0 Å². The molecule has 0 radical (unpaired) electrons. The van der Waals surface area contributed by atoms with Crippen LogP contribution in [0, 0.1) is 13.8 Å². The van der Waals surface area contributed by atoms with Gasteiger partial charge in [-0.1, -0.05) is 18.2 Å². The number of aryl methyl sites for hydroxylation is 2. The maximum absolute atomic E-state index is 12.7. The van der Waals surface area contributed by atoms with E-state index in [-0.39, 0.29) is 11.4 Å². The van der Waals surface area contributed by atoms with E-state index in [1.807, 2.05) is 19.9 Å². The summed E-state index contributed by atoms with van der Waals surface area (Å²) in [7, 11) is 0. The summed E-state index contributed by atoms with van der Waals surface area (Å²) in [5, 5.41) is 0.565. The molecule has 23 heavy (non-hydrogen) atoms. The van der Waals surface area contributed by atoms with Gasteiger partial charge in [0.1, 0.15) is 17.6 Å². The molecule has 0 atom stereocenters. The monoisotopic (exact) mass is 308 g/mol. The summed E-state index contributed by atoms with van der Waals surface area (Å²) in [5.74, 6) is 0.0618. The molecule has 0 spiro atoms. The van der Waals surface area contributed by atoms with Crippen LogP contribution in [0.2, 0.25) is 0 Å². The second kappa shape index (κ2) is 5.72. The van der Waals surface area contributed by atoms with Gasteiger partial charge in [0.2, 0.25) is 0 Å². The van der Waals surface area contributed by atoms with Gasteiger partial charge < -0.3 is 9.15 Å². The molecule has 4 nitrogen and oxygen atoms in total. The zero-order chi connectivity index (χ0) is 16.6. The summed E-state index contributed by atoms with van der Waals surface area (Å²) in [5.41, 5.74) is 3.80. The van der Waals surface area contributed by atoms with Gasteiger partial charge in [-0.3, -0.25) is 9.59 Å². The van der Waals surface area contributed by atoms with E-state index in [0.717, 1.165) is 16.7 Å². The molecule has 0 saturated heterocycles. The molecule has 1 aromatic heterocycles. The molecule has 3 aromatic rings. The third-order valence-corrected chi connectivity index (χ3v) is 3.89. The lowest BCUT2D eigenvalue weighted by Crippen LogP contribution is -2.06. The maximum atomic E-state index is 12.7. The number of carbonyl (C=O) groups excluding carboxylic acids is 1. The van der Waals surface area contributed by atoms with Gasteiger partial charge >= 0.3 is 5.97 Å². The number of hydrogen-bond donors (Lipinski definition) is 0. The molecule has 116 valence electrons. The van der Waals surface area contributed by atoms with E-state index in [0.29, 0.717) is 22.3 Å². The van der Waals surface area contributed by atoms with Crippen LogP contribution < -0.4 is 10.2 Å². The summed E-state index contributed by atoms with van der Waals surface area (Å²) < 4.78 is 10.7. The minimum atomic E-state index is -0.381. The third kappa shape index (κ3) is 2.75. The lowest BCUT2D eigenvalue weighted by atomic mass is 10.0. The smallest absolute Gasteiger partial charge is 0.308 e. The molecular formula is C19H16O4. The zero-order valence-corrected chi connectivity index (χ0v) is 13.2. The highest BCUT2D eigenvalue weighted by Crippen LogP contribution is 2.25. The quantitative estimate of drug-likeness (QED) is 0.530. The molecule has 3 rings (SSSR count). The third-order valence-electron chi connectivity index (χ3n) is 3.89. The van der Waals surface area contributed by atoms with Gasteiger partial charge in [0.15, 0.2) is 5.43 Å². The van der Waals surface area contributed by atoms with Gasteiger partial charge in [0.05, 0.1) is 10.9 Å². The van der Waals surface area contributed by atoms with E-state index in [9.17, 15) is 9.59 Å². The van der Waals surface area contributed by atoms with Gasteiger partial charge in [0, 0.05) is 6.92 Å². The van der Waals surface area contributed by atoms with Crippen LogP contribution in [-0.2, 0) is 4.79 Å². The Kier molecular flexibility index (Phi) is 3.74. The van der Waals surface area contributed by atoms with Crippen molar-refractivity contribution in [2.24, 2.45) is 0 Å². The molecule has 1 heterocycles. The average molecular weight is 308 g/mol. The van der Waals surface area contributed by atoms with Crippen LogP contribution in [0.4, 0.5) is 0 Å². The highest BCUT2D eigenvalue weighted by molar-refractivity contribution is 5.84. The first kappa shape index (κ1) is 15.0. The van der Waals surface area contributed by atoms with Crippen molar-refractivity contribution in [2.75, 3.05) is 0 Å². The Balaban J connectivity index is 2.10. The van der Waals surface area contributed by atoms with Crippen LogP contribution in [0.5, 0.6) is 5.75 Å². The standard InChI is InChI=1S/C19H16O4/c1-11-4-9-16-18(21)17(10-22-19(16)12(11)2)14-5-7-15(8-6-14)23-13(3)20/h4-10H,1-3H3. The first-order chi connectivity index (χ1) is 11.0. The minimum Gasteiger partial charge on any atom is -0.463 e. The van der Waals surface area contributed by atoms with Gasteiger partial charge in [0.25, 0.3) is 0 Å². The molecular weight excluding hydrogens is 292 g/mol. The number of rotatable bonds is 2. The molecule has 0 aliphatic heterocycles. The average Bonchev–Trinajstić information content (AvgIpc) is 2.52. The van der Waals surface area contributed by atoms with Crippen LogP contribution >= 0.6 is 0 Å². The zero-order valence-electron chi connectivity index (χ0n) is 13.2. The highest BCUT2D eigenvalue weighted by atomic mass is 16.5. The van der Waals surface area contributed by atoms with E-state index in [1.54, 1.807) is 30.3 Å². The van der Waals surface area contributed by atoms with Crippen LogP contribution in [0.3, 0.4) is 0 Å². The maximum Gasteiger partial charge on any atom is 0.308 e. The molecule has 0 amide bonds. The van der Waals surface area contributed by atoms with Crippen molar-refractivity contribution in [3.63, 3.8) is 0 Å². The topological polar surface area (TPSA) is 56.5 Å². The number of ether oxygens (including phenoxy) is 1. The Hall–Kier alpha value is -2.88. The van der Waals surface area contributed by atoms with Crippen molar-refractivity contribution in [3.05, 3.63) is 64.0 Å². The normalized spacial score (nSPS) is 10.7. The van der Waals surface area contributed by atoms with Gasteiger partial charge in [-0.2, -0.15) is 0 Å². The van der Waals surface area contributed by atoms with Crippen LogP contribution in [0.25, 0.3) is 22.1 Å². The van der Waals surface area contributed by atoms with Crippen molar-refractivity contribution in [1.29, 1.82) is 0 Å². The molecule has 0 bridgehead atoms. The first-order valence-electron chi connectivity index (χ1n) is 7.28. The highest BCUT2D eigenvalue weighted by Gasteiger charge is 2.12. The predicted molar refractivity (Wildman–Crippen MR) is 88.7 cm³/mol. The Labute approximate surface area is 133 Å². The Morgan fingerprint density at radius 3 is 2.39 bits per heavy atom. The Morgan fingerprint density at radius 2 is 1.74 bits per heavy atom. The lowest BCUT2D eigenvalue weighted by Gasteiger charge is -2.07. The van der Waals surface area contributed by atoms with Crippen molar-refractivity contribution in [1.82, 2.24) is 0 Å². The molecule has 0 aliphatic carbocycles. The fourth-order valence-corrected chi connectivity index (χ4v) is 2.50. The Morgan fingerprint density at radius 1 is 1.04 bits per heavy atom. The molecule has 2 aromatic carbocycles. The summed E-state index contributed by atoms with van der Waals surface area (Å²) in [4.78, 5) is 23.7. The number of hydrogen-bond acceptors (Lipinski definition) is 4. The largest absolute Gasteiger partial charge is 0.463 e. The van der Waals surface area contributed by atoms with Crippen molar-refractivity contribution in [2.45, 2.75) is 20.8 Å². The first-order valence-corrected chi connectivity index (χ1v) is 7.28. The van der Waals surface area contributed by atoms with Crippen molar-refractivity contribution >= 4 is 16.9 Å². The molecule has 0 saturated carbocycles. The van der Waals surface area contributed by atoms with E-state index >= 15 is 0 Å². The van der Waals surface area contributed by atoms with E-state index < -0.39 is 0 Å². The second-order valence-electron chi connectivity index (χ2n) is 5.48. The summed E-state index contributed by atoms with van der Waals surface area (Å²) in [6.07, 6.45) is 1.48. The summed E-state index contributed by atoms with van der Waals surface area (Å²) in [6.45, 7) is 5.26. The van der Waals surface area contributed by atoms with Gasteiger partial charge in [-0.05, 0) is 48.7 Å². The molecule has 4 heteroatoms. The van der Waals surface area contributed by atoms with Crippen LogP contribution in [-0.4, -0.2) is 5.97 Å². The van der Waals surface area contributed by atoms with Gasteiger partial charge in [-0.25, -0.2) is 0 Å². The van der Waals surface area contributed by atoms with Crippen molar-refractivity contribution < 1.29 is 13.9 Å². The number of fused-ring (bicyclic) bond motifs is 1. The number of carbonyl (C=O) groups is 1. The molecule has 0 N–H and O–H groups in total. The number of esters is 1. The van der Waals surface area contributed by atoms with E-state index in [2.05, 4.69) is 0 Å². The van der Waals surface area contributed by atoms with Crippen molar-refractivity contribution in [3.8, 4) is 16.9 Å². The lowest BCUT2D eigenvalue weighted by molar-refractivity contribution is -0.131. The fourth-order valence-electron chi connectivity index (χ4n) is 2.50. The SMILES string of the molecule is CC(=O)Oc1ccc(-c2coc3c(C)c(C)ccc3c2=O)cc1. The minimum absolute atomic E-state index is 0.0745. The molecule has 0 aliphatic rings.